The average molecular weight is 354 g/mol. The molecule has 3 aliphatic rings. The predicted molar refractivity (Wildman–Crippen MR) is 93.3 cm³/mol. The number of anilines is 1. The normalized spacial score (nSPS) is 24.7. The highest BCUT2D eigenvalue weighted by molar-refractivity contribution is 5.81. The van der Waals surface area contributed by atoms with Crippen molar-refractivity contribution in [2.45, 2.75) is 37.8 Å². The lowest BCUT2D eigenvalue weighted by molar-refractivity contribution is -0.131. The van der Waals surface area contributed by atoms with Crippen molar-refractivity contribution in [1.29, 1.82) is 0 Å². The molecule has 1 atom stereocenters. The lowest BCUT2D eigenvalue weighted by atomic mass is 9.80. The van der Waals surface area contributed by atoms with Crippen molar-refractivity contribution in [1.82, 2.24) is 14.9 Å². The van der Waals surface area contributed by atoms with Gasteiger partial charge in [-0.25, -0.2) is 9.97 Å². The van der Waals surface area contributed by atoms with Crippen LogP contribution in [0.5, 0.6) is 0 Å². The van der Waals surface area contributed by atoms with Gasteiger partial charge in [0.05, 0.1) is 37.1 Å². The van der Waals surface area contributed by atoms with Gasteiger partial charge in [0.2, 0.25) is 11.9 Å². The Hall–Kier alpha value is -2.41. The summed E-state index contributed by atoms with van der Waals surface area (Å²) in [6, 6.07) is 3.78. The summed E-state index contributed by atoms with van der Waals surface area (Å²) in [6.45, 7) is 3.18. The molecule has 2 aromatic heterocycles. The largest absolute Gasteiger partial charge is 0.467 e. The van der Waals surface area contributed by atoms with Crippen LogP contribution < -0.4 is 5.32 Å². The van der Waals surface area contributed by atoms with Crippen molar-refractivity contribution in [2.75, 3.05) is 25.0 Å². The minimum Gasteiger partial charge on any atom is -0.467 e. The highest BCUT2D eigenvalue weighted by Crippen LogP contribution is 2.41. The lowest BCUT2D eigenvalue weighted by Gasteiger charge is -2.34. The number of carbonyl (C=O) groups excluding carboxylic acids is 1. The average Bonchev–Trinajstić information content (AvgIpc) is 3.22. The molecule has 1 amide bonds. The Morgan fingerprint density at radius 2 is 2.35 bits per heavy atom. The molecule has 0 unspecified atom stereocenters. The molecular formula is C19H22N4O3. The summed E-state index contributed by atoms with van der Waals surface area (Å²) in [4.78, 5) is 23.7. The van der Waals surface area contributed by atoms with Gasteiger partial charge in [0.25, 0.3) is 0 Å². The third kappa shape index (κ3) is 2.76. The Bertz CT molecular complexity index is 818. The third-order valence-electron chi connectivity index (χ3n) is 5.60. The maximum Gasteiger partial charge on any atom is 0.225 e. The van der Waals surface area contributed by atoms with Crippen LogP contribution in [-0.2, 0) is 28.1 Å². The molecule has 5 rings (SSSR count). The molecule has 0 radical (unpaired) electrons. The first kappa shape index (κ1) is 15.8. The molecule has 1 spiro atoms. The van der Waals surface area contributed by atoms with E-state index in [1.807, 2.05) is 23.2 Å². The first-order valence-corrected chi connectivity index (χ1v) is 9.23. The molecule has 7 heteroatoms. The van der Waals surface area contributed by atoms with Crippen molar-refractivity contribution in [2.24, 2.45) is 5.92 Å². The number of carbonyl (C=O) groups is 1. The fraction of sp³-hybridized carbons (Fsp3) is 0.526. The fourth-order valence-electron chi connectivity index (χ4n) is 4.02. The second kappa shape index (κ2) is 6.09. The number of fused-ring (bicyclic) bond motifs is 2. The maximum absolute atomic E-state index is 12.5. The summed E-state index contributed by atoms with van der Waals surface area (Å²) < 4.78 is 11.2. The number of hydrogen-bond acceptors (Lipinski definition) is 6. The molecule has 7 nitrogen and oxygen atoms in total. The minimum absolute atomic E-state index is 0.206. The van der Waals surface area contributed by atoms with Gasteiger partial charge in [-0.2, -0.15) is 0 Å². The predicted octanol–water partition coefficient (Wildman–Crippen LogP) is 2.09. The van der Waals surface area contributed by atoms with Gasteiger partial charge in [-0.15, -0.1) is 0 Å². The smallest absolute Gasteiger partial charge is 0.225 e. The van der Waals surface area contributed by atoms with Crippen LogP contribution >= 0.6 is 0 Å². The van der Waals surface area contributed by atoms with Crippen LogP contribution in [0, 0.1) is 5.92 Å². The SMILES string of the molecule is O=C(C1CC1)N1CC[C@]2(COCc3cnc(NCc4ccco4)nc32)C1. The molecule has 0 bridgehead atoms. The lowest BCUT2D eigenvalue weighted by Crippen LogP contribution is -2.42. The highest BCUT2D eigenvalue weighted by Gasteiger charge is 2.48. The fourth-order valence-corrected chi connectivity index (χ4v) is 4.02. The van der Waals surface area contributed by atoms with Crippen LogP contribution in [0.25, 0.3) is 0 Å². The maximum atomic E-state index is 12.5. The van der Waals surface area contributed by atoms with Gasteiger partial charge in [0.15, 0.2) is 0 Å². The van der Waals surface area contributed by atoms with Crippen LogP contribution in [-0.4, -0.2) is 40.5 Å². The number of ether oxygens (including phenoxy) is 1. The third-order valence-corrected chi connectivity index (χ3v) is 5.60. The Kier molecular flexibility index (Phi) is 3.70. The number of amides is 1. The summed E-state index contributed by atoms with van der Waals surface area (Å²) in [5.41, 5.74) is 1.86. The Morgan fingerprint density at radius 1 is 1.42 bits per heavy atom. The molecule has 4 heterocycles. The molecule has 1 N–H and O–H groups in total. The minimum atomic E-state index is -0.206. The zero-order chi connectivity index (χ0) is 17.6. The Labute approximate surface area is 151 Å². The summed E-state index contributed by atoms with van der Waals surface area (Å²) in [5.74, 6) is 1.99. The Balaban J connectivity index is 1.38. The van der Waals surface area contributed by atoms with E-state index in [2.05, 4.69) is 10.3 Å². The van der Waals surface area contributed by atoms with Gasteiger partial charge in [0.1, 0.15) is 5.76 Å². The summed E-state index contributed by atoms with van der Waals surface area (Å²) >= 11 is 0. The molecule has 26 heavy (non-hydrogen) atoms. The van der Waals surface area contributed by atoms with Crippen LogP contribution in [0.4, 0.5) is 5.95 Å². The monoisotopic (exact) mass is 354 g/mol. The molecule has 2 fully saturated rings. The quantitative estimate of drug-likeness (QED) is 0.906. The van der Waals surface area contributed by atoms with Crippen LogP contribution in [0.3, 0.4) is 0 Å². The number of nitrogens with one attached hydrogen (secondary N) is 1. The molecule has 2 aromatic rings. The molecule has 1 saturated carbocycles. The zero-order valence-electron chi connectivity index (χ0n) is 14.6. The number of aromatic nitrogens is 2. The van der Waals surface area contributed by atoms with E-state index < -0.39 is 0 Å². The van der Waals surface area contributed by atoms with E-state index in [9.17, 15) is 4.79 Å². The van der Waals surface area contributed by atoms with Gasteiger partial charge in [-0.1, -0.05) is 0 Å². The van der Waals surface area contributed by atoms with Crippen molar-refractivity contribution >= 4 is 11.9 Å². The van der Waals surface area contributed by atoms with E-state index in [0.717, 1.165) is 42.8 Å². The van der Waals surface area contributed by atoms with Gasteiger partial charge in [-0.05, 0) is 31.4 Å². The van der Waals surface area contributed by atoms with E-state index in [0.29, 0.717) is 38.2 Å². The number of rotatable bonds is 4. The van der Waals surface area contributed by atoms with Crippen LogP contribution in [0.15, 0.2) is 29.0 Å². The first-order chi connectivity index (χ1) is 12.7. The molecule has 0 aromatic carbocycles. The van der Waals surface area contributed by atoms with Crippen molar-refractivity contribution in [3.63, 3.8) is 0 Å². The number of hydrogen-bond donors (Lipinski definition) is 1. The standard InChI is InChI=1S/C19H22N4O3/c24-17(13-3-4-13)23-6-5-19(11-23)12-25-10-14-8-20-18(22-16(14)19)21-9-15-2-1-7-26-15/h1-2,7-8,13H,3-6,9-12H2,(H,20,21,22)/t19-/m1/s1. The van der Waals surface area contributed by atoms with E-state index in [4.69, 9.17) is 14.1 Å². The van der Waals surface area contributed by atoms with E-state index in [1.165, 1.54) is 0 Å². The van der Waals surface area contributed by atoms with Crippen molar-refractivity contribution in [3.05, 3.63) is 41.6 Å². The summed E-state index contributed by atoms with van der Waals surface area (Å²) in [7, 11) is 0. The number of furan rings is 1. The Morgan fingerprint density at radius 3 is 3.15 bits per heavy atom. The summed E-state index contributed by atoms with van der Waals surface area (Å²) in [5, 5.41) is 3.23. The number of nitrogens with zero attached hydrogens (tertiary/aromatic N) is 3. The zero-order valence-corrected chi connectivity index (χ0v) is 14.6. The first-order valence-electron chi connectivity index (χ1n) is 9.23. The molecule has 1 saturated heterocycles. The second-order valence-electron chi connectivity index (χ2n) is 7.56. The van der Waals surface area contributed by atoms with Crippen LogP contribution in [0.2, 0.25) is 0 Å². The van der Waals surface area contributed by atoms with Crippen molar-refractivity contribution < 1.29 is 13.9 Å². The van der Waals surface area contributed by atoms with Gasteiger partial charge < -0.3 is 19.4 Å². The van der Waals surface area contributed by atoms with Crippen molar-refractivity contribution in [3.8, 4) is 0 Å². The van der Waals surface area contributed by atoms with Gasteiger partial charge >= 0.3 is 0 Å². The van der Waals surface area contributed by atoms with E-state index in [-0.39, 0.29) is 11.3 Å². The molecule has 136 valence electrons. The second-order valence-corrected chi connectivity index (χ2v) is 7.56. The van der Waals surface area contributed by atoms with E-state index in [1.54, 1.807) is 6.26 Å². The number of likely N-dealkylation sites (tertiary alicyclic amines) is 1. The van der Waals surface area contributed by atoms with Gasteiger partial charge in [-0.3, -0.25) is 4.79 Å². The van der Waals surface area contributed by atoms with Gasteiger partial charge in [0, 0.05) is 30.8 Å². The molecular weight excluding hydrogens is 332 g/mol. The molecule has 2 aliphatic heterocycles. The summed E-state index contributed by atoms with van der Waals surface area (Å²) in [6.07, 6.45) is 6.48. The molecule has 1 aliphatic carbocycles. The van der Waals surface area contributed by atoms with Crippen LogP contribution in [0.1, 0.15) is 36.3 Å². The van der Waals surface area contributed by atoms with E-state index >= 15 is 0 Å². The topological polar surface area (TPSA) is 80.5 Å². The highest BCUT2D eigenvalue weighted by atomic mass is 16.5.